The number of benzene rings is 2. The van der Waals surface area contributed by atoms with Crippen LogP contribution in [0.4, 0.5) is 0 Å². The lowest BCUT2D eigenvalue weighted by molar-refractivity contribution is -0.134. The lowest BCUT2D eigenvalue weighted by atomic mass is 9.98. The number of hydrogen-bond donors (Lipinski definition) is 2. The largest absolute Gasteiger partial charge is 0.361 e. The van der Waals surface area contributed by atoms with Crippen LogP contribution in [0.5, 0.6) is 0 Å². The number of nitrogens with zero attached hydrogens (tertiary/aromatic N) is 1. The molecule has 1 atom stereocenters. The number of fused-ring (bicyclic) bond motifs is 1. The highest BCUT2D eigenvalue weighted by molar-refractivity contribution is 9.10. The van der Waals surface area contributed by atoms with Crippen LogP contribution in [0, 0.1) is 5.92 Å². The van der Waals surface area contributed by atoms with E-state index in [0.29, 0.717) is 37.2 Å². The van der Waals surface area contributed by atoms with Gasteiger partial charge in [-0.1, -0.05) is 41.1 Å². The van der Waals surface area contributed by atoms with Crippen LogP contribution in [0.15, 0.2) is 64.1 Å². The third-order valence-corrected chi connectivity index (χ3v) is 8.17. The van der Waals surface area contributed by atoms with Crippen molar-refractivity contribution in [2.24, 2.45) is 5.92 Å². The molecule has 2 heterocycles. The van der Waals surface area contributed by atoms with Gasteiger partial charge in [-0.15, -0.1) is 0 Å². The Morgan fingerprint density at radius 2 is 1.94 bits per heavy atom. The maximum absolute atomic E-state index is 13.4. The Hall–Kier alpha value is -2.16. The zero-order valence-corrected chi connectivity index (χ0v) is 20.5. The van der Waals surface area contributed by atoms with Gasteiger partial charge in [0.15, 0.2) is 0 Å². The summed E-state index contributed by atoms with van der Waals surface area (Å²) in [5.41, 5.74) is 1.80. The summed E-state index contributed by atoms with van der Waals surface area (Å²) in [5.74, 6) is 0.443. The molecule has 1 aromatic heterocycles. The first-order chi connectivity index (χ1) is 15.3. The number of amides is 1. The molecule has 1 saturated heterocycles. The average Bonchev–Trinajstić information content (AvgIpc) is 3.25. The summed E-state index contributed by atoms with van der Waals surface area (Å²) >= 11 is 3.48. The summed E-state index contributed by atoms with van der Waals surface area (Å²) in [6, 6.07) is 13.9. The maximum atomic E-state index is 13.4. The van der Waals surface area contributed by atoms with Gasteiger partial charge in [0, 0.05) is 34.7 Å². The van der Waals surface area contributed by atoms with E-state index in [-0.39, 0.29) is 10.8 Å². The molecule has 0 saturated carbocycles. The topological polar surface area (TPSA) is 82.3 Å². The highest BCUT2D eigenvalue weighted by Gasteiger charge is 2.31. The second-order valence-corrected chi connectivity index (χ2v) is 11.1. The van der Waals surface area contributed by atoms with E-state index < -0.39 is 16.1 Å². The molecule has 1 aliphatic heterocycles. The number of piperidine rings is 1. The van der Waals surface area contributed by atoms with Crippen LogP contribution in [0.1, 0.15) is 31.7 Å². The van der Waals surface area contributed by atoms with E-state index in [1.165, 1.54) is 0 Å². The number of carbonyl (C=O) groups excluding carboxylic acids is 1. The third-order valence-electron chi connectivity index (χ3n) is 6.15. The Labute approximate surface area is 197 Å². The summed E-state index contributed by atoms with van der Waals surface area (Å²) in [6.07, 6.45) is 4.59. The van der Waals surface area contributed by atoms with Gasteiger partial charge in [-0.2, -0.15) is 4.72 Å². The first-order valence-corrected chi connectivity index (χ1v) is 13.2. The molecule has 32 heavy (non-hydrogen) atoms. The fraction of sp³-hybridized carbons (Fsp3) is 0.375. The number of aromatic nitrogens is 1. The molecule has 2 N–H and O–H groups in total. The Morgan fingerprint density at radius 1 is 1.19 bits per heavy atom. The number of likely N-dealkylation sites (tertiary alicyclic amines) is 1. The number of aryl methyl sites for hydroxylation is 1. The molecule has 1 aliphatic rings. The van der Waals surface area contributed by atoms with Gasteiger partial charge < -0.3 is 9.88 Å². The minimum atomic E-state index is -3.89. The van der Waals surface area contributed by atoms with Crippen molar-refractivity contribution in [2.75, 3.05) is 13.1 Å². The van der Waals surface area contributed by atoms with Gasteiger partial charge in [0.05, 0.1) is 4.90 Å². The third kappa shape index (κ3) is 5.24. The molecule has 4 rings (SSSR count). The van der Waals surface area contributed by atoms with Crippen LogP contribution >= 0.6 is 15.9 Å². The molecule has 1 unspecified atom stereocenters. The molecule has 170 valence electrons. The predicted octanol–water partition coefficient (Wildman–Crippen LogP) is 4.47. The normalized spacial score (nSPS) is 16.4. The van der Waals surface area contributed by atoms with Gasteiger partial charge in [0.25, 0.3) is 0 Å². The Kier molecular flexibility index (Phi) is 7.02. The van der Waals surface area contributed by atoms with Crippen LogP contribution in [0.3, 0.4) is 0 Å². The monoisotopic (exact) mass is 517 g/mol. The van der Waals surface area contributed by atoms with Crippen molar-refractivity contribution in [1.82, 2.24) is 14.6 Å². The lowest BCUT2D eigenvalue weighted by Gasteiger charge is -2.33. The number of sulfonamides is 1. The molecule has 3 aromatic rings. The smallest absolute Gasteiger partial charge is 0.241 e. The standard InChI is InChI=1S/C24H28BrN3O3S/c1-17-11-14-28(15-12-17)24(29)22(9-8-18-4-2-5-19(25)16-18)27-32(30,31)23-7-3-6-21-20(23)10-13-26-21/h2-7,10,13,16-17,22,26-27H,8-9,11-12,14-15H2,1H3. The maximum Gasteiger partial charge on any atom is 0.241 e. The molecule has 8 heteroatoms. The summed E-state index contributed by atoms with van der Waals surface area (Å²) < 4.78 is 30.4. The quantitative estimate of drug-likeness (QED) is 0.485. The van der Waals surface area contributed by atoms with Crippen LogP contribution in [0.2, 0.25) is 0 Å². The molecule has 6 nitrogen and oxygen atoms in total. The molecule has 0 radical (unpaired) electrons. The predicted molar refractivity (Wildman–Crippen MR) is 130 cm³/mol. The number of nitrogens with one attached hydrogen (secondary N) is 2. The number of rotatable bonds is 7. The van der Waals surface area contributed by atoms with E-state index >= 15 is 0 Å². The number of hydrogen-bond acceptors (Lipinski definition) is 3. The van der Waals surface area contributed by atoms with E-state index in [0.717, 1.165) is 28.4 Å². The molecule has 0 spiro atoms. The minimum absolute atomic E-state index is 0.142. The van der Waals surface area contributed by atoms with Crippen molar-refractivity contribution in [1.29, 1.82) is 0 Å². The van der Waals surface area contributed by atoms with Gasteiger partial charge in [0.2, 0.25) is 15.9 Å². The van der Waals surface area contributed by atoms with Gasteiger partial charge in [0.1, 0.15) is 6.04 Å². The first-order valence-electron chi connectivity index (χ1n) is 10.9. The molecule has 2 aromatic carbocycles. The van der Waals surface area contributed by atoms with Crippen molar-refractivity contribution in [3.05, 3.63) is 64.8 Å². The van der Waals surface area contributed by atoms with E-state index in [1.807, 2.05) is 35.2 Å². The first kappa shape index (κ1) is 23.0. The summed E-state index contributed by atoms with van der Waals surface area (Å²) in [5, 5.41) is 0.616. The van der Waals surface area contributed by atoms with Gasteiger partial charge in [-0.05, 0) is 67.5 Å². The molecule has 1 fully saturated rings. The van der Waals surface area contributed by atoms with Crippen LogP contribution in [0.25, 0.3) is 10.9 Å². The fourth-order valence-corrected chi connectivity index (χ4v) is 6.12. The zero-order valence-electron chi connectivity index (χ0n) is 18.1. The van der Waals surface area contributed by atoms with E-state index in [2.05, 4.69) is 32.6 Å². The molecular weight excluding hydrogens is 490 g/mol. The van der Waals surface area contributed by atoms with Crippen molar-refractivity contribution in [2.45, 2.75) is 43.5 Å². The van der Waals surface area contributed by atoms with Crippen LogP contribution in [-0.2, 0) is 21.2 Å². The van der Waals surface area contributed by atoms with Crippen molar-refractivity contribution < 1.29 is 13.2 Å². The number of carbonyl (C=O) groups is 1. The average molecular weight is 518 g/mol. The van der Waals surface area contributed by atoms with E-state index in [1.54, 1.807) is 24.4 Å². The highest BCUT2D eigenvalue weighted by Crippen LogP contribution is 2.24. The van der Waals surface area contributed by atoms with Gasteiger partial charge in [-0.3, -0.25) is 4.79 Å². The van der Waals surface area contributed by atoms with Crippen molar-refractivity contribution in [3.8, 4) is 0 Å². The minimum Gasteiger partial charge on any atom is -0.361 e. The van der Waals surface area contributed by atoms with Crippen LogP contribution < -0.4 is 4.72 Å². The summed E-state index contributed by atoms with van der Waals surface area (Å²) in [7, 11) is -3.89. The Morgan fingerprint density at radius 3 is 2.69 bits per heavy atom. The second kappa shape index (κ2) is 9.77. The zero-order chi connectivity index (χ0) is 22.7. The number of aromatic amines is 1. The van der Waals surface area contributed by atoms with Crippen molar-refractivity contribution in [3.63, 3.8) is 0 Å². The van der Waals surface area contributed by atoms with E-state index in [9.17, 15) is 13.2 Å². The fourth-order valence-electron chi connectivity index (χ4n) is 4.23. The summed E-state index contributed by atoms with van der Waals surface area (Å²) in [4.78, 5) is 18.4. The highest BCUT2D eigenvalue weighted by atomic mass is 79.9. The molecular formula is C24H28BrN3O3S. The van der Waals surface area contributed by atoms with Gasteiger partial charge in [-0.25, -0.2) is 8.42 Å². The molecule has 1 amide bonds. The number of H-pyrrole nitrogens is 1. The van der Waals surface area contributed by atoms with Crippen LogP contribution in [-0.4, -0.2) is 43.3 Å². The summed E-state index contributed by atoms with van der Waals surface area (Å²) in [6.45, 7) is 3.53. The van der Waals surface area contributed by atoms with Crippen molar-refractivity contribution >= 4 is 42.8 Å². The molecule has 0 aliphatic carbocycles. The van der Waals surface area contributed by atoms with E-state index in [4.69, 9.17) is 0 Å². The van der Waals surface area contributed by atoms with Gasteiger partial charge >= 0.3 is 0 Å². The lowest BCUT2D eigenvalue weighted by Crippen LogP contribution is -2.50. The SMILES string of the molecule is CC1CCN(C(=O)C(CCc2cccc(Br)c2)NS(=O)(=O)c2cccc3[nH]ccc23)CC1. The number of halogens is 1. The Bertz CT molecular complexity index is 1200. The Balaban J connectivity index is 1.59. The molecule has 0 bridgehead atoms. The second-order valence-electron chi connectivity index (χ2n) is 8.55.